The lowest BCUT2D eigenvalue weighted by Crippen LogP contribution is -2.47. The third-order valence-electron chi connectivity index (χ3n) is 8.47. The third-order valence-corrected chi connectivity index (χ3v) is 8.47. The molecule has 3 aromatic rings. The van der Waals surface area contributed by atoms with Crippen LogP contribution in [0.3, 0.4) is 0 Å². The van der Waals surface area contributed by atoms with Crippen molar-refractivity contribution in [1.29, 1.82) is 0 Å². The van der Waals surface area contributed by atoms with Gasteiger partial charge < -0.3 is 19.4 Å². The molecule has 37 heavy (non-hydrogen) atoms. The molecule has 3 atom stereocenters. The molecule has 0 spiro atoms. The molecule has 0 amide bonds. The molecule has 3 aliphatic rings. The van der Waals surface area contributed by atoms with Crippen LogP contribution < -0.4 is 4.74 Å². The second-order valence-electron chi connectivity index (χ2n) is 11.4. The number of benzene rings is 2. The van der Waals surface area contributed by atoms with E-state index in [1.807, 2.05) is 32.0 Å². The molecule has 0 unspecified atom stereocenters. The van der Waals surface area contributed by atoms with Gasteiger partial charge in [-0.3, -0.25) is 4.79 Å². The number of aromatic nitrogens is 2. The highest BCUT2D eigenvalue weighted by Gasteiger charge is 2.50. The van der Waals surface area contributed by atoms with Gasteiger partial charge in [0.1, 0.15) is 22.7 Å². The first-order valence-corrected chi connectivity index (χ1v) is 13.9. The van der Waals surface area contributed by atoms with Gasteiger partial charge in [0.05, 0.1) is 18.5 Å². The second kappa shape index (κ2) is 10.9. The molecule has 0 radical (unpaired) electrons. The van der Waals surface area contributed by atoms with Crippen molar-refractivity contribution in [3.63, 3.8) is 0 Å². The predicted molar refractivity (Wildman–Crippen MR) is 147 cm³/mol. The summed E-state index contributed by atoms with van der Waals surface area (Å²) < 4.78 is 11.9. The number of ether oxygens (including phenoxy) is 2. The monoisotopic (exact) mass is 503 g/mol. The van der Waals surface area contributed by atoms with Crippen LogP contribution in [0.5, 0.6) is 5.75 Å². The maximum absolute atomic E-state index is 13.0. The summed E-state index contributed by atoms with van der Waals surface area (Å²) in [7, 11) is 3.87. The lowest BCUT2D eigenvalue weighted by atomic mass is 9.67. The number of nitrogens with zero attached hydrogens (tertiary/aromatic N) is 2. The van der Waals surface area contributed by atoms with Crippen LogP contribution in [0.4, 0.5) is 0 Å². The lowest BCUT2D eigenvalue weighted by molar-refractivity contribution is -0.170. The Morgan fingerprint density at radius 1 is 1.14 bits per heavy atom. The molecule has 1 heterocycles. The van der Waals surface area contributed by atoms with E-state index in [1.54, 1.807) is 7.11 Å². The molecular formula is C31H41N3O3. The number of para-hydroxylation sites is 1. The number of hydrogen-bond donors (Lipinski definition) is 1. The van der Waals surface area contributed by atoms with Gasteiger partial charge in [-0.15, -0.1) is 0 Å². The van der Waals surface area contributed by atoms with Gasteiger partial charge in [-0.2, -0.15) is 0 Å². The van der Waals surface area contributed by atoms with Gasteiger partial charge in [0.2, 0.25) is 0 Å². The molecule has 198 valence electrons. The van der Waals surface area contributed by atoms with E-state index in [9.17, 15) is 4.79 Å². The zero-order valence-electron chi connectivity index (χ0n) is 22.8. The molecule has 2 aromatic carbocycles. The predicted octanol–water partition coefficient (Wildman–Crippen LogP) is 6.22. The number of fused-ring (bicyclic) bond motifs is 4. The van der Waals surface area contributed by atoms with E-state index in [4.69, 9.17) is 14.5 Å². The molecule has 1 saturated carbocycles. The summed E-state index contributed by atoms with van der Waals surface area (Å²) in [6.45, 7) is 5.76. The summed E-state index contributed by atoms with van der Waals surface area (Å²) in [6.07, 6.45) is 7.19. The van der Waals surface area contributed by atoms with Gasteiger partial charge in [-0.25, -0.2) is 4.98 Å². The van der Waals surface area contributed by atoms with Crippen molar-refractivity contribution < 1.29 is 14.3 Å². The Kier molecular flexibility index (Phi) is 7.57. The number of methoxy groups -OCH3 is 1. The molecule has 6 nitrogen and oxygen atoms in total. The molecule has 1 aromatic heterocycles. The molecule has 2 bridgehead atoms. The zero-order valence-corrected chi connectivity index (χ0v) is 22.8. The Morgan fingerprint density at radius 2 is 1.95 bits per heavy atom. The van der Waals surface area contributed by atoms with E-state index in [-0.39, 0.29) is 17.8 Å². The van der Waals surface area contributed by atoms with Gasteiger partial charge >= 0.3 is 5.97 Å². The van der Waals surface area contributed by atoms with Crippen molar-refractivity contribution >= 4 is 17.0 Å². The quantitative estimate of drug-likeness (QED) is 0.333. The average molecular weight is 504 g/mol. The second-order valence-corrected chi connectivity index (χ2v) is 11.4. The van der Waals surface area contributed by atoms with Gasteiger partial charge in [-0.1, -0.05) is 50.6 Å². The Hall–Kier alpha value is -2.86. The first-order valence-electron chi connectivity index (χ1n) is 13.9. The maximum atomic E-state index is 13.0. The molecule has 3 aliphatic carbocycles. The van der Waals surface area contributed by atoms with E-state index in [2.05, 4.69) is 41.2 Å². The van der Waals surface area contributed by atoms with Crippen molar-refractivity contribution in [3.8, 4) is 5.75 Å². The number of imidazole rings is 1. The number of nitrogens with one attached hydrogen (secondary N) is 1. The Labute approximate surface area is 220 Å². The number of carbonyl (C=O) groups excluding carboxylic acids is 1. The number of hydrogen-bond acceptors (Lipinski definition) is 5. The largest absolute Gasteiger partial charge is 0.494 e. The lowest BCUT2D eigenvalue weighted by Gasteiger charge is -2.46. The summed E-state index contributed by atoms with van der Waals surface area (Å²) in [5.41, 5.74) is 4.39. The highest BCUT2D eigenvalue weighted by Crippen LogP contribution is 2.55. The van der Waals surface area contributed by atoms with Gasteiger partial charge in [0.15, 0.2) is 0 Å². The molecule has 6 heteroatoms. The standard InChI is InChI=1S/C31H41N3O3/c1-21(2)30(35)37-31(20-22-10-7-13-25(31)24-12-6-5-11-23(22)24)17-19-34(3)18-9-16-28-32-26-14-8-15-27(36-4)29(26)33-28/h5-6,8,11-12,14-15,21-22,25H,7,9-10,13,16-20H2,1-4H3,(H,32,33)/t22-,25-,31+/m0/s1. The molecule has 0 saturated heterocycles. The Morgan fingerprint density at radius 3 is 2.73 bits per heavy atom. The Balaban J connectivity index is 1.25. The Bertz CT molecular complexity index is 1240. The van der Waals surface area contributed by atoms with Gasteiger partial charge in [0.25, 0.3) is 0 Å². The number of carbonyl (C=O) groups is 1. The van der Waals surface area contributed by atoms with Crippen LogP contribution in [0.1, 0.15) is 81.2 Å². The SMILES string of the molecule is COc1cccc2[nH]c(CCCN(C)CC[C@@]3(OC(=O)C(C)C)C[C@@H]4CCC[C@H]3c3ccccc34)nc12. The fourth-order valence-electron chi connectivity index (χ4n) is 6.50. The van der Waals surface area contributed by atoms with Gasteiger partial charge in [0, 0.05) is 25.3 Å². The number of rotatable bonds is 10. The summed E-state index contributed by atoms with van der Waals surface area (Å²) in [4.78, 5) is 23.5. The minimum atomic E-state index is -0.416. The van der Waals surface area contributed by atoms with Crippen LogP contribution in [-0.2, 0) is 16.0 Å². The minimum absolute atomic E-state index is 0.0620. The first kappa shape index (κ1) is 25.8. The van der Waals surface area contributed by atoms with E-state index < -0.39 is 5.60 Å². The molecule has 0 aliphatic heterocycles. The third kappa shape index (κ3) is 5.26. The highest BCUT2D eigenvalue weighted by atomic mass is 16.6. The molecule has 1 N–H and O–H groups in total. The average Bonchev–Trinajstić information content (AvgIpc) is 3.12. The van der Waals surface area contributed by atoms with Crippen LogP contribution in [0, 0.1) is 5.92 Å². The van der Waals surface area contributed by atoms with Crippen molar-refractivity contribution in [2.24, 2.45) is 5.92 Å². The first-order chi connectivity index (χ1) is 17.9. The van der Waals surface area contributed by atoms with E-state index >= 15 is 0 Å². The van der Waals surface area contributed by atoms with Crippen molar-refractivity contribution in [1.82, 2.24) is 14.9 Å². The fourth-order valence-corrected chi connectivity index (χ4v) is 6.50. The van der Waals surface area contributed by atoms with Crippen LogP contribution in [0.2, 0.25) is 0 Å². The summed E-state index contributed by atoms with van der Waals surface area (Å²) in [6, 6.07) is 14.9. The van der Waals surface area contributed by atoms with Crippen LogP contribution in [0.25, 0.3) is 11.0 Å². The summed E-state index contributed by atoms with van der Waals surface area (Å²) >= 11 is 0. The van der Waals surface area contributed by atoms with E-state index in [0.717, 1.165) is 67.8 Å². The zero-order chi connectivity index (χ0) is 26.0. The van der Waals surface area contributed by atoms with Crippen LogP contribution in [-0.4, -0.2) is 53.7 Å². The van der Waals surface area contributed by atoms with Crippen LogP contribution >= 0.6 is 0 Å². The summed E-state index contributed by atoms with van der Waals surface area (Å²) in [5, 5.41) is 0. The normalized spacial score (nSPS) is 22.9. The van der Waals surface area contributed by atoms with E-state index in [0.29, 0.717) is 5.92 Å². The van der Waals surface area contributed by atoms with Crippen LogP contribution in [0.15, 0.2) is 42.5 Å². The van der Waals surface area contributed by atoms with Crippen molar-refractivity contribution in [2.75, 3.05) is 27.2 Å². The molecule has 1 fully saturated rings. The minimum Gasteiger partial charge on any atom is -0.494 e. The number of esters is 1. The van der Waals surface area contributed by atoms with E-state index in [1.165, 1.54) is 24.0 Å². The smallest absolute Gasteiger partial charge is 0.308 e. The number of aromatic amines is 1. The molecular weight excluding hydrogens is 462 g/mol. The fraction of sp³-hybridized carbons (Fsp3) is 0.548. The maximum Gasteiger partial charge on any atom is 0.308 e. The summed E-state index contributed by atoms with van der Waals surface area (Å²) in [5.74, 6) is 2.38. The topological polar surface area (TPSA) is 67.4 Å². The van der Waals surface area contributed by atoms with Crippen molar-refractivity contribution in [3.05, 3.63) is 59.4 Å². The van der Waals surface area contributed by atoms with Crippen molar-refractivity contribution in [2.45, 2.75) is 76.2 Å². The highest BCUT2D eigenvalue weighted by molar-refractivity contribution is 5.81. The number of aryl methyl sites for hydroxylation is 1. The molecule has 6 rings (SSSR count). The number of H-pyrrole nitrogens is 1. The van der Waals surface area contributed by atoms with Gasteiger partial charge in [-0.05, 0) is 68.5 Å².